The third-order valence-electron chi connectivity index (χ3n) is 14.3. The molecule has 0 aliphatic carbocycles. The Morgan fingerprint density at radius 3 is 1.36 bits per heavy atom. The molecule has 3 fully saturated rings. The first-order valence-electron chi connectivity index (χ1n) is 26.2. The number of urea groups is 3. The molecule has 6 heterocycles. The van der Waals surface area contributed by atoms with Gasteiger partial charge in [0.2, 0.25) is 0 Å². The van der Waals surface area contributed by atoms with E-state index in [1.165, 1.54) is 77.7 Å². The first-order valence-corrected chi connectivity index (χ1v) is 27.0. The van der Waals surface area contributed by atoms with E-state index < -0.39 is 5.82 Å². The molecule has 3 N–H and O–H groups in total. The van der Waals surface area contributed by atoms with E-state index in [4.69, 9.17) is 39.0 Å². The average molecular weight is 1140 g/mol. The minimum absolute atomic E-state index is 0.0640. The number of nitrogens with zero attached hydrogens (tertiary/aromatic N) is 12. The maximum Gasteiger partial charge on any atom is 0.323 e. The quantitative estimate of drug-likeness (QED) is 0.125. The molecule has 3 saturated heterocycles. The predicted molar refractivity (Wildman–Crippen MR) is 303 cm³/mol. The summed E-state index contributed by atoms with van der Waals surface area (Å²) in [7, 11) is 4.60. The van der Waals surface area contributed by atoms with Gasteiger partial charge in [0.05, 0.1) is 27.8 Å². The summed E-state index contributed by atoms with van der Waals surface area (Å²) in [6.45, 7) is 3.78. The molecule has 0 atom stereocenters. The van der Waals surface area contributed by atoms with Crippen LogP contribution in [0, 0.1) is 57.6 Å². The van der Waals surface area contributed by atoms with E-state index in [2.05, 4.69) is 43.4 Å². The Morgan fingerprint density at radius 1 is 0.531 bits per heavy atom. The van der Waals surface area contributed by atoms with E-state index >= 15 is 0 Å². The number of rotatable bonds is 9. The van der Waals surface area contributed by atoms with Gasteiger partial charge in [0.1, 0.15) is 18.0 Å². The van der Waals surface area contributed by atoms with Gasteiger partial charge < -0.3 is 14.7 Å². The van der Waals surface area contributed by atoms with Crippen LogP contribution in [0.25, 0.3) is 0 Å². The van der Waals surface area contributed by atoms with Crippen molar-refractivity contribution in [3.05, 3.63) is 171 Å². The van der Waals surface area contributed by atoms with Gasteiger partial charge in [0.15, 0.2) is 17.5 Å². The highest BCUT2D eigenvalue weighted by atomic mass is 35.5. The molecule has 3 aliphatic heterocycles. The van der Waals surface area contributed by atoms with Gasteiger partial charge in [-0.25, -0.2) is 32.8 Å². The Balaban J connectivity index is 0.000000175. The summed E-state index contributed by atoms with van der Waals surface area (Å²) in [6.07, 6.45) is 7.53. The monoisotopic (exact) mass is 1140 g/mol. The van der Waals surface area contributed by atoms with Gasteiger partial charge in [-0.15, -0.1) is 0 Å². The third-order valence-corrected chi connectivity index (χ3v) is 15.0. The van der Waals surface area contributed by atoms with Gasteiger partial charge in [-0.1, -0.05) is 41.4 Å². The number of piperidine rings is 3. The van der Waals surface area contributed by atoms with Crippen LogP contribution in [0.15, 0.2) is 105 Å². The van der Waals surface area contributed by atoms with Crippen LogP contribution in [-0.4, -0.2) is 101 Å². The number of hydrogen-bond acceptors (Lipinski definition) is 12. The second-order valence-corrected chi connectivity index (χ2v) is 20.8. The van der Waals surface area contributed by atoms with Crippen LogP contribution in [-0.2, 0) is 40.4 Å². The van der Waals surface area contributed by atoms with Gasteiger partial charge in [-0.05, 0) is 147 Å². The molecule has 0 unspecified atom stereocenters. The fourth-order valence-electron chi connectivity index (χ4n) is 9.71. The lowest BCUT2D eigenvalue weighted by atomic mass is 9.90. The van der Waals surface area contributed by atoms with Crippen LogP contribution in [0.1, 0.15) is 71.9 Å². The number of amides is 6. The molecule has 3 aromatic carbocycles. The normalized spacial score (nSPS) is 14.6. The Morgan fingerprint density at radius 2 is 0.951 bits per heavy atom. The van der Waals surface area contributed by atoms with Gasteiger partial charge >= 0.3 is 18.1 Å². The number of carbonyl (C=O) groups is 3. The summed E-state index contributed by atoms with van der Waals surface area (Å²) in [4.78, 5) is 76.4. The van der Waals surface area contributed by atoms with E-state index in [1.807, 2.05) is 30.3 Å². The fraction of sp³-hybridized carbons (Fsp3) is 0.368. The fourth-order valence-corrected chi connectivity index (χ4v) is 10.2. The van der Waals surface area contributed by atoms with Crippen LogP contribution in [0.5, 0.6) is 0 Å². The lowest BCUT2D eigenvalue weighted by Crippen LogP contribution is -2.41. The molecule has 0 spiro atoms. The Bertz CT molecular complexity index is 3550. The Kier molecular flexibility index (Phi) is 20.9. The summed E-state index contributed by atoms with van der Waals surface area (Å²) < 4.78 is 16.9. The van der Waals surface area contributed by atoms with E-state index in [0.29, 0.717) is 95.6 Å². The number of aryl methyl sites for hydroxylation is 3. The second kappa shape index (κ2) is 28.3. The van der Waals surface area contributed by atoms with Gasteiger partial charge in [0.25, 0.3) is 16.7 Å². The number of benzene rings is 3. The topological polar surface area (TPSA) is 273 Å². The Hall–Kier alpha value is -8.91. The molecule has 0 saturated carbocycles. The molecule has 6 aromatic rings. The zero-order valence-electron chi connectivity index (χ0n) is 44.9. The summed E-state index contributed by atoms with van der Waals surface area (Å²) >= 11 is 12.4. The lowest BCUT2D eigenvalue weighted by molar-refractivity contribution is 0.182. The van der Waals surface area contributed by atoms with Crippen molar-refractivity contribution in [2.24, 2.45) is 38.9 Å². The van der Waals surface area contributed by atoms with Crippen molar-refractivity contribution < 1.29 is 18.8 Å². The van der Waals surface area contributed by atoms with Crippen LogP contribution in [0.4, 0.5) is 36.2 Å². The second-order valence-electron chi connectivity index (χ2n) is 20.0. The highest BCUT2D eigenvalue weighted by Gasteiger charge is 2.27. The zero-order chi connectivity index (χ0) is 58.2. The maximum atomic E-state index is 13.4. The summed E-state index contributed by atoms with van der Waals surface area (Å²) in [5.41, 5.74) is 3.40. The molecular weight excluding hydrogens is 1080 g/mol. The maximum absolute atomic E-state index is 13.4. The van der Waals surface area contributed by atoms with Crippen molar-refractivity contribution in [1.82, 2.24) is 44.0 Å². The average Bonchev–Trinajstić information content (AvgIpc) is 3.49. The first-order chi connectivity index (χ1) is 38.9. The molecule has 0 bridgehead atoms. The molecule has 3 aromatic heterocycles. The molecular formula is C57H60Cl2FN15O6. The van der Waals surface area contributed by atoms with Crippen molar-refractivity contribution in [2.75, 3.05) is 55.2 Å². The molecule has 81 heavy (non-hydrogen) atoms. The van der Waals surface area contributed by atoms with Crippen LogP contribution in [0.3, 0.4) is 0 Å². The highest BCUT2D eigenvalue weighted by molar-refractivity contribution is 6.32. The van der Waals surface area contributed by atoms with Crippen molar-refractivity contribution in [3.8, 4) is 18.2 Å². The predicted octanol–water partition coefficient (Wildman–Crippen LogP) is 7.86. The van der Waals surface area contributed by atoms with E-state index in [-0.39, 0.29) is 40.3 Å². The van der Waals surface area contributed by atoms with Crippen molar-refractivity contribution in [3.63, 3.8) is 0 Å². The van der Waals surface area contributed by atoms with E-state index in [9.17, 15) is 33.2 Å². The van der Waals surface area contributed by atoms with Gasteiger partial charge in [-0.2, -0.15) is 31.1 Å². The SMILES string of the molecule is Cn1nc(NC(=O)N2CCC(Cc3cc(Cl)cc(C#N)c3)CC2)ccc1=O.Cn1nc(NC(=O)N2CCC(Cc3ccc(F)c(C#N)c3)CC2)ccc1=O.Cn1nc(NC(=O)N2CCC(Cc3cccc(C#N)c3Cl)CC2)ccc1=O. The molecule has 24 heteroatoms. The number of halogens is 3. The molecule has 3 aliphatic rings. The Labute approximate surface area is 476 Å². The molecule has 9 rings (SSSR count). The number of nitrogens with one attached hydrogen (secondary N) is 3. The van der Waals surface area contributed by atoms with E-state index in [1.54, 1.807) is 39.0 Å². The van der Waals surface area contributed by atoms with Crippen molar-refractivity contribution >= 4 is 58.7 Å². The number of anilines is 3. The number of aromatic nitrogens is 6. The first kappa shape index (κ1) is 59.7. The van der Waals surface area contributed by atoms with Gasteiger partial charge in [-0.3, -0.25) is 30.3 Å². The van der Waals surface area contributed by atoms with E-state index in [0.717, 1.165) is 74.5 Å². The van der Waals surface area contributed by atoms with Crippen molar-refractivity contribution in [2.45, 2.75) is 57.8 Å². The smallest absolute Gasteiger partial charge is 0.323 e. The van der Waals surface area contributed by atoms with Crippen LogP contribution in [0.2, 0.25) is 10.0 Å². The summed E-state index contributed by atoms with van der Waals surface area (Å²) in [6, 6.07) is 29.6. The number of nitriles is 3. The summed E-state index contributed by atoms with van der Waals surface area (Å²) in [5, 5.41) is 48.4. The molecule has 420 valence electrons. The standard InChI is InChI=1S/2C19H20ClN5O2.C19H20FN5O2/c1-24-18(26)3-2-17(23-24)22-19(27)25-6-4-13(5-7-25)8-14-9-15(12-21)11-16(20)10-14;1-24-17(26)6-5-16(23-24)22-19(27)25-9-7-13(8-10-25)11-14-3-2-4-15(12-21)18(14)20;1-24-18(26)5-4-17(23-24)22-19(27)25-8-6-13(7-9-25)10-14-2-3-16(20)15(11-14)12-21/h2-3,9-11,13H,4-8H2,1H3,(H,22,23,27);2-6,13H,7-11H2,1H3,(H,22,23,27);2-5,11,13H,6-10H2,1H3,(H,22,23,27). The minimum atomic E-state index is -0.500. The zero-order valence-corrected chi connectivity index (χ0v) is 46.5. The molecule has 0 radical (unpaired) electrons. The van der Waals surface area contributed by atoms with Crippen LogP contribution >= 0.6 is 23.2 Å². The molecule has 21 nitrogen and oxygen atoms in total. The van der Waals surface area contributed by atoms with Gasteiger partial charge in [0, 0.05) is 83.6 Å². The van der Waals surface area contributed by atoms with Crippen molar-refractivity contribution in [1.29, 1.82) is 15.8 Å². The third kappa shape index (κ3) is 17.0. The number of carbonyl (C=O) groups excluding carboxylic acids is 3. The molecule has 6 amide bonds. The number of hydrogen-bond donors (Lipinski definition) is 3. The highest BCUT2D eigenvalue weighted by Crippen LogP contribution is 2.29. The lowest BCUT2D eigenvalue weighted by Gasteiger charge is -2.32. The largest absolute Gasteiger partial charge is 0.324 e. The minimum Gasteiger partial charge on any atom is -0.324 e. The van der Waals surface area contributed by atoms with Crippen LogP contribution < -0.4 is 32.6 Å². The number of likely N-dealkylation sites (tertiary alicyclic amines) is 3. The summed E-state index contributed by atoms with van der Waals surface area (Å²) in [5.74, 6) is 1.77.